The van der Waals surface area contributed by atoms with Crippen LogP contribution in [0.4, 0.5) is 10.3 Å². The fraction of sp³-hybridized carbons (Fsp3) is 0.320. The number of imidazole rings is 1. The van der Waals surface area contributed by atoms with Gasteiger partial charge in [-0.2, -0.15) is 0 Å². The minimum atomic E-state index is -0.225. The summed E-state index contributed by atoms with van der Waals surface area (Å²) in [4.78, 5) is 7.22. The van der Waals surface area contributed by atoms with Gasteiger partial charge in [-0.15, -0.1) is 0 Å². The van der Waals surface area contributed by atoms with Crippen LogP contribution in [0.3, 0.4) is 0 Å². The van der Waals surface area contributed by atoms with Gasteiger partial charge in [0.2, 0.25) is 5.95 Å². The molecule has 7 heteroatoms. The smallest absolute Gasteiger partial charge is 0.204 e. The molecule has 32 heavy (non-hydrogen) atoms. The largest absolute Gasteiger partial charge is 0.462 e. The lowest BCUT2D eigenvalue weighted by Gasteiger charge is -2.32. The van der Waals surface area contributed by atoms with Gasteiger partial charge in [0.05, 0.1) is 24.1 Å². The van der Waals surface area contributed by atoms with Crippen LogP contribution in [-0.2, 0) is 19.7 Å². The van der Waals surface area contributed by atoms with Crippen molar-refractivity contribution in [1.82, 2.24) is 14.5 Å². The molecule has 1 aliphatic heterocycles. The van der Waals surface area contributed by atoms with Crippen molar-refractivity contribution in [3.63, 3.8) is 0 Å². The standard InChI is InChI=1S/C25H27FN4O2/c26-19-7-5-18(6-8-19)15-30-24-4-2-1-3-23(24)28-25(30)27-20-11-13-29(14-12-20)16-21-9-10-22(17-31)32-21/h1-10,20,31H,11-17H2,(H,27,28). The summed E-state index contributed by atoms with van der Waals surface area (Å²) >= 11 is 0. The van der Waals surface area contributed by atoms with Crippen LogP contribution >= 0.6 is 0 Å². The topological polar surface area (TPSA) is 66.5 Å². The number of para-hydroxylation sites is 2. The van der Waals surface area contributed by atoms with Crippen molar-refractivity contribution in [3.05, 3.63) is 83.6 Å². The minimum absolute atomic E-state index is 0.0646. The highest BCUT2D eigenvalue weighted by Gasteiger charge is 2.22. The molecule has 6 nitrogen and oxygen atoms in total. The van der Waals surface area contributed by atoms with E-state index < -0.39 is 0 Å². The summed E-state index contributed by atoms with van der Waals surface area (Å²) in [7, 11) is 0. The SMILES string of the molecule is OCc1ccc(CN2CCC(Nc3nc4ccccc4n3Cc3ccc(F)cc3)CC2)o1. The Kier molecular flexibility index (Phi) is 5.92. The fourth-order valence-corrected chi connectivity index (χ4v) is 4.35. The van der Waals surface area contributed by atoms with Crippen LogP contribution in [0.5, 0.6) is 0 Å². The number of hydrogen-bond donors (Lipinski definition) is 2. The Morgan fingerprint density at radius 3 is 2.47 bits per heavy atom. The summed E-state index contributed by atoms with van der Waals surface area (Å²) in [6, 6.07) is 18.9. The first-order valence-corrected chi connectivity index (χ1v) is 11.0. The number of anilines is 1. The molecule has 2 aromatic carbocycles. The van der Waals surface area contributed by atoms with Gasteiger partial charge < -0.3 is 19.4 Å². The second kappa shape index (κ2) is 9.14. The Labute approximate surface area is 186 Å². The van der Waals surface area contributed by atoms with Crippen LogP contribution in [0.25, 0.3) is 11.0 Å². The number of furan rings is 1. The van der Waals surface area contributed by atoms with Crippen molar-refractivity contribution in [2.45, 2.75) is 38.6 Å². The second-order valence-corrected chi connectivity index (χ2v) is 8.36. The number of rotatable bonds is 7. The summed E-state index contributed by atoms with van der Waals surface area (Å²) in [5.74, 6) is 2.13. The summed E-state index contributed by atoms with van der Waals surface area (Å²) < 4.78 is 21.1. The lowest BCUT2D eigenvalue weighted by Crippen LogP contribution is -2.39. The number of aromatic nitrogens is 2. The number of fused-ring (bicyclic) bond motifs is 1. The van der Waals surface area contributed by atoms with Crippen molar-refractivity contribution >= 4 is 17.0 Å². The lowest BCUT2D eigenvalue weighted by atomic mass is 10.1. The van der Waals surface area contributed by atoms with E-state index in [1.807, 2.05) is 42.5 Å². The zero-order valence-corrected chi connectivity index (χ0v) is 17.9. The van der Waals surface area contributed by atoms with Gasteiger partial charge in [-0.1, -0.05) is 24.3 Å². The average Bonchev–Trinajstić information content (AvgIpc) is 3.41. The molecule has 0 atom stereocenters. The van der Waals surface area contributed by atoms with E-state index in [0.717, 1.165) is 60.8 Å². The minimum Gasteiger partial charge on any atom is -0.462 e. The van der Waals surface area contributed by atoms with Gasteiger partial charge in [-0.25, -0.2) is 9.37 Å². The van der Waals surface area contributed by atoms with Gasteiger partial charge in [0.1, 0.15) is 23.9 Å². The third-order valence-electron chi connectivity index (χ3n) is 6.08. The van der Waals surface area contributed by atoms with Crippen LogP contribution in [-0.4, -0.2) is 38.7 Å². The van der Waals surface area contributed by atoms with Crippen molar-refractivity contribution in [3.8, 4) is 0 Å². The zero-order valence-electron chi connectivity index (χ0n) is 17.9. The van der Waals surface area contributed by atoms with Gasteiger partial charge in [0, 0.05) is 19.1 Å². The first-order chi connectivity index (χ1) is 15.7. The lowest BCUT2D eigenvalue weighted by molar-refractivity contribution is 0.188. The number of piperidine rings is 1. The normalized spacial score (nSPS) is 15.4. The molecule has 0 amide bonds. The first-order valence-electron chi connectivity index (χ1n) is 11.0. The Morgan fingerprint density at radius 2 is 1.72 bits per heavy atom. The van der Waals surface area contributed by atoms with Crippen LogP contribution in [0.1, 0.15) is 29.9 Å². The van der Waals surface area contributed by atoms with Gasteiger partial charge in [0.15, 0.2) is 0 Å². The molecular formula is C25H27FN4O2. The summed E-state index contributed by atoms with van der Waals surface area (Å²) in [5, 5.41) is 12.8. The summed E-state index contributed by atoms with van der Waals surface area (Å²) in [5.41, 5.74) is 3.05. The van der Waals surface area contributed by atoms with Gasteiger partial charge in [0.25, 0.3) is 0 Å². The predicted molar refractivity (Wildman–Crippen MR) is 122 cm³/mol. The molecule has 5 rings (SSSR count). The predicted octanol–water partition coefficient (Wildman–Crippen LogP) is 4.39. The van der Waals surface area contributed by atoms with Crippen molar-refractivity contribution in [2.24, 2.45) is 0 Å². The van der Waals surface area contributed by atoms with E-state index in [1.165, 1.54) is 12.1 Å². The number of nitrogens with one attached hydrogen (secondary N) is 1. The Balaban J connectivity index is 1.27. The highest BCUT2D eigenvalue weighted by atomic mass is 19.1. The number of aliphatic hydroxyl groups excluding tert-OH is 1. The van der Waals surface area contributed by atoms with Crippen molar-refractivity contribution in [2.75, 3.05) is 18.4 Å². The molecule has 0 radical (unpaired) electrons. The Hall–Kier alpha value is -3.16. The van der Waals surface area contributed by atoms with Crippen LogP contribution in [0.15, 0.2) is 65.1 Å². The van der Waals surface area contributed by atoms with E-state index in [0.29, 0.717) is 18.3 Å². The third-order valence-corrected chi connectivity index (χ3v) is 6.08. The molecule has 0 spiro atoms. The van der Waals surface area contributed by atoms with E-state index in [2.05, 4.69) is 20.9 Å². The summed E-state index contributed by atoms with van der Waals surface area (Å²) in [6.45, 7) is 3.25. The maximum absolute atomic E-state index is 13.3. The fourth-order valence-electron chi connectivity index (χ4n) is 4.35. The molecule has 1 saturated heterocycles. The number of halogens is 1. The maximum atomic E-state index is 13.3. The number of hydrogen-bond acceptors (Lipinski definition) is 5. The molecule has 1 aliphatic rings. The molecule has 0 aliphatic carbocycles. The number of benzene rings is 2. The van der Waals surface area contributed by atoms with Crippen LogP contribution in [0.2, 0.25) is 0 Å². The van der Waals surface area contributed by atoms with Gasteiger partial charge in [-0.3, -0.25) is 4.90 Å². The highest BCUT2D eigenvalue weighted by Crippen LogP contribution is 2.24. The van der Waals surface area contributed by atoms with E-state index in [1.54, 1.807) is 0 Å². The van der Waals surface area contributed by atoms with Crippen LogP contribution < -0.4 is 5.32 Å². The quantitative estimate of drug-likeness (QED) is 0.452. The first kappa shape index (κ1) is 20.7. The molecule has 0 bridgehead atoms. The molecule has 2 aromatic heterocycles. The second-order valence-electron chi connectivity index (χ2n) is 8.36. The number of nitrogens with zero attached hydrogens (tertiary/aromatic N) is 3. The maximum Gasteiger partial charge on any atom is 0.204 e. The number of likely N-dealkylation sites (tertiary alicyclic amines) is 1. The van der Waals surface area contributed by atoms with Crippen molar-refractivity contribution in [1.29, 1.82) is 0 Å². The van der Waals surface area contributed by atoms with Crippen molar-refractivity contribution < 1.29 is 13.9 Å². The molecule has 0 saturated carbocycles. The average molecular weight is 435 g/mol. The number of aliphatic hydroxyl groups is 1. The molecular weight excluding hydrogens is 407 g/mol. The van der Waals surface area contributed by atoms with Gasteiger partial charge in [-0.05, 0) is 54.8 Å². The molecule has 0 unspecified atom stereocenters. The third kappa shape index (κ3) is 4.54. The van der Waals surface area contributed by atoms with E-state index in [9.17, 15) is 9.50 Å². The molecule has 166 valence electrons. The van der Waals surface area contributed by atoms with E-state index in [-0.39, 0.29) is 12.4 Å². The molecule has 3 heterocycles. The monoisotopic (exact) mass is 434 g/mol. The van der Waals surface area contributed by atoms with E-state index >= 15 is 0 Å². The zero-order chi connectivity index (χ0) is 21.9. The van der Waals surface area contributed by atoms with Crippen LogP contribution in [0, 0.1) is 5.82 Å². The highest BCUT2D eigenvalue weighted by molar-refractivity contribution is 5.78. The Morgan fingerprint density at radius 1 is 0.969 bits per heavy atom. The Bertz CT molecular complexity index is 1180. The molecule has 4 aromatic rings. The summed E-state index contributed by atoms with van der Waals surface area (Å²) in [6.07, 6.45) is 2.01. The molecule has 1 fully saturated rings. The van der Waals surface area contributed by atoms with Gasteiger partial charge >= 0.3 is 0 Å². The molecule has 2 N–H and O–H groups in total. The van der Waals surface area contributed by atoms with E-state index in [4.69, 9.17) is 9.40 Å².